The Morgan fingerprint density at radius 2 is 1.86 bits per heavy atom. The van der Waals surface area contributed by atoms with Crippen molar-refractivity contribution in [2.24, 2.45) is 5.73 Å². The molecule has 118 valence electrons. The molecule has 0 bridgehead atoms. The number of hydrogen-bond acceptors (Lipinski definition) is 5. The molecule has 3 heterocycles. The van der Waals surface area contributed by atoms with E-state index in [0.717, 1.165) is 25.6 Å². The lowest BCUT2D eigenvalue weighted by atomic mass is 10.0. The number of aryl methyl sites for hydroxylation is 1. The monoisotopic (exact) mass is 308 g/mol. The second-order valence-electron chi connectivity index (χ2n) is 6.24. The molecule has 0 saturated carbocycles. The van der Waals surface area contributed by atoms with E-state index in [4.69, 9.17) is 10.7 Å². The van der Waals surface area contributed by atoms with Crippen molar-refractivity contribution >= 4 is 16.5 Å². The van der Waals surface area contributed by atoms with Gasteiger partial charge >= 0.3 is 0 Å². The number of aromatic nitrogens is 1. The van der Waals surface area contributed by atoms with Gasteiger partial charge in [-0.3, -0.25) is 0 Å². The molecule has 3 rings (SSSR count). The summed E-state index contributed by atoms with van der Waals surface area (Å²) in [6.45, 7) is 7.74. The van der Waals surface area contributed by atoms with Gasteiger partial charge in [0.15, 0.2) is 5.13 Å². The number of rotatable bonds is 4. The molecule has 0 radical (unpaired) electrons. The molecule has 1 aromatic rings. The van der Waals surface area contributed by atoms with Crippen molar-refractivity contribution in [2.75, 3.05) is 31.1 Å². The van der Waals surface area contributed by atoms with Gasteiger partial charge < -0.3 is 15.5 Å². The number of hydrogen-bond donors (Lipinski definition) is 1. The molecule has 21 heavy (non-hydrogen) atoms. The third-order valence-electron chi connectivity index (χ3n) is 4.93. The summed E-state index contributed by atoms with van der Waals surface area (Å²) in [7, 11) is 0. The van der Waals surface area contributed by atoms with E-state index in [2.05, 4.69) is 16.7 Å². The minimum atomic E-state index is 0.630. The Morgan fingerprint density at radius 3 is 2.43 bits per heavy atom. The van der Waals surface area contributed by atoms with Crippen LogP contribution >= 0.6 is 11.3 Å². The lowest BCUT2D eigenvalue weighted by molar-refractivity contribution is 0.141. The SMILES string of the molecule is CCc1nc(N2CCC(N3CCCCC3)CC2)sc1CN. The van der Waals surface area contributed by atoms with Crippen molar-refractivity contribution in [3.05, 3.63) is 10.6 Å². The molecule has 0 aromatic carbocycles. The maximum Gasteiger partial charge on any atom is 0.185 e. The number of piperidine rings is 2. The van der Waals surface area contributed by atoms with Gasteiger partial charge in [-0.15, -0.1) is 11.3 Å². The minimum absolute atomic E-state index is 0.630. The molecule has 0 spiro atoms. The summed E-state index contributed by atoms with van der Waals surface area (Å²) in [4.78, 5) is 11.3. The van der Waals surface area contributed by atoms with E-state index in [1.54, 1.807) is 11.3 Å². The molecule has 2 aliphatic rings. The molecule has 2 fully saturated rings. The predicted octanol–water partition coefficient (Wildman–Crippen LogP) is 2.62. The lowest BCUT2D eigenvalue weighted by Crippen LogP contribution is -2.46. The van der Waals surface area contributed by atoms with E-state index in [-0.39, 0.29) is 0 Å². The molecule has 1 aromatic heterocycles. The fraction of sp³-hybridized carbons (Fsp3) is 0.812. The molecule has 5 heteroatoms. The highest BCUT2D eigenvalue weighted by Crippen LogP contribution is 2.30. The largest absolute Gasteiger partial charge is 0.348 e. The van der Waals surface area contributed by atoms with Gasteiger partial charge in [-0.25, -0.2) is 4.98 Å². The molecule has 0 aliphatic carbocycles. The molecule has 2 aliphatic heterocycles. The van der Waals surface area contributed by atoms with Crippen LogP contribution < -0.4 is 10.6 Å². The number of nitrogens with two attached hydrogens (primary N) is 1. The Kier molecular flexibility index (Phi) is 5.14. The average molecular weight is 308 g/mol. The van der Waals surface area contributed by atoms with Crippen LogP contribution in [0.5, 0.6) is 0 Å². The normalized spacial score (nSPS) is 21.9. The summed E-state index contributed by atoms with van der Waals surface area (Å²) in [6.07, 6.45) is 7.79. The molecule has 4 nitrogen and oxygen atoms in total. The zero-order valence-electron chi connectivity index (χ0n) is 13.2. The summed E-state index contributed by atoms with van der Waals surface area (Å²) in [5.74, 6) is 0. The minimum Gasteiger partial charge on any atom is -0.348 e. The predicted molar refractivity (Wildman–Crippen MR) is 90.0 cm³/mol. The maximum atomic E-state index is 5.83. The fourth-order valence-corrected chi connectivity index (χ4v) is 4.73. The Labute approximate surface area is 132 Å². The van der Waals surface area contributed by atoms with Crippen LogP contribution in [-0.4, -0.2) is 42.1 Å². The maximum absolute atomic E-state index is 5.83. The first-order valence-corrected chi connectivity index (χ1v) is 9.31. The molecule has 0 amide bonds. The third-order valence-corrected chi connectivity index (χ3v) is 6.11. The topological polar surface area (TPSA) is 45.4 Å². The third kappa shape index (κ3) is 3.41. The molecular weight excluding hydrogens is 280 g/mol. The van der Waals surface area contributed by atoms with Gasteiger partial charge in [0.25, 0.3) is 0 Å². The average Bonchev–Trinajstić information content (AvgIpc) is 2.99. The Bertz CT molecular complexity index is 424. The van der Waals surface area contributed by atoms with Crippen LogP contribution in [0, 0.1) is 0 Å². The Hall–Kier alpha value is -0.650. The van der Waals surface area contributed by atoms with E-state index in [9.17, 15) is 0 Å². The fourth-order valence-electron chi connectivity index (χ4n) is 3.65. The summed E-state index contributed by atoms with van der Waals surface area (Å²) in [5, 5.41) is 1.20. The quantitative estimate of drug-likeness (QED) is 0.929. The number of nitrogens with zero attached hydrogens (tertiary/aromatic N) is 3. The van der Waals surface area contributed by atoms with E-state index in [1.807, 2.05) is 0 Å². The zero-order valence-corrected chi connectivity index (χ0v) is 14.0. The summed E-state index contributed by atoms with van der Waals surface area (Å²) in [6, 6.07) is 0.807. The lowest BCUT2D eigenvalue weighted by Gasteiger charge is -2.40. The number of anilines is 1. The van der Waals surface area contributed by atoms with Crippen molar-refractivity contribution in [3.8, 4) is 0 Å². The first-order chi connectivity index (χ1) is 10.3. The summed E-state index contributed by atoms with van der Waals surface area (Å²) in [5.41, 5.74) is 7.04. The van der Waals surface area contributed by atoms with Crippen LogP contribution in [0.25, 0.3) is 0 Å². The van der Waals surface area contributed by atoms with Gasteiger partial charge in [-0.2, -0.15) is 0 Å². The molecule has 2 N–H and O–H groups in total. The molecule has 0 unspecified atom stereocenters. The van der Waals surface area contributed by atoms with E-state index < -0.39 is 0 Å². The number of thiazole rings is 1. The van der Waals surface area contributed by atoms with Crippen LogP contribution in [0.1, 0.15) is 49.6 Å². The van der Waals surface area contributed by atoms with Crippen molar-refractivity contribution in [2.45, 2.75) is 58.0 Å². The second-order valence-corrected chi connectivity index (χ2v) is 7.30. The number of likely N-dealkylation sites (tertiary alicyclic amines) is 1. The first kappa shape index (κ1) is 15.3. The van der Waals surface area contributed by atoms with Crippen molar-refractivity contribution < 1.29 is 0 Å². The molecule has 2 saturated heterocycles. The van der Waals surface area contributed by atoms with Crippen molar-refractivity contribution in [3.63, 3.8) is 0 Å². The second kappa shape index (κ2) is 7.07. The van der Waals surface area contributed by atoms with Gasteiger partial charge in [0.05, 0.1) is 5.69 Å². The van der Waals surface area contributed by atoms with Gasteiger partial charge in [-0.05, 0) is 45.2 Å². The highest BCUT2D eigenvalue weighted by Gasteiger charge is 2.27. The smallest absolute Gasteiger partial charge is 0.185 e. The van der Waals surface area contributed by atoms with Crippen LogP contribution in [-0.2, 0) is 13.0 Å². The summed E-state index contributed by atoms with van der Waals surface area (Å²) >= 11 is 1.80. The van der Waals surface area contributed by atoms with Crippen LogP contribution in [0.15, 0.2) is 0 Å². The molecule has 0 atom stereocenters. The van der Waals surface area contributed by atoms with Gasteiger partial charge in [-0.1, -0.05) is 13.3 Å². The van der Waals surface area contributed by atoms with Crippen LogP contribution in [0.3, 0.4) is 0 Å². The zero-order chi connectivity index (χ0) is 14.7. The Morgan fingerprint density at radius 1 is 1.14 bits per heavy atom. The van der Waals surface area contributed by atoms with Gasteiger partial charge in [0.1, 0.15) is 0 Å². The van der Waals surface area contributed by atoms with Crippen LogP contribution in [0.2, 0.25) is 0 Å². The standard InChI is InChI=1S/C16H28N4S/c1-2-14-15(12-17)21-16(18-14)20-10-6-13(7-11-20)19-8-4-3-5-9-19/h13H,2-12,17H2,1H3. The van der Waals surface area contributed by atoms with Crippen LogP contribution in [0.4, 0.5) is 5.13 Å². The highest BCUT2D eigenvalue weighted by molar-refractivity contribution is 7.15. The first-order valence-electron chi connectivity index (χ1n) is 8.49. The Balaban J connectivity index is 1.58. The van der Waals surface area contributed by atoms with E-state index in [0.29, 0.717) is 6.54 Å². The van der Waals surface area contributed by atoms with Crippen molar-refractivity contribution in [1.82, 2.24) is 9.88 Å². The highest BCUT2D eigenvalue weighted by atomic mass is 32.1. The van der Waals surface area contributed by atoms with Crippen molar-refractivity contribution in [1.29, 1.82) is 0 Å². The molecular formula is C16H28N4S. The van der Waals surface area contributed by atoms with E-state index >= 15 is 0 Å². The summed E-state index contributed by atoms with van der Waals surface area (Å²) < 4.78 is 0. The van der Waals surface area contributed by atoms with Gasteiger partial charge in [0.2, 0.25) is 0 Å². The van der Waals surface area contributed by atoms with E-state index in [1.165, 1.54) is 60.9 Å². The van der Waals surface area contributed by atoms with Gasteiger partial charge in [0, 0.05) is 30.6 Å².